The molecule has 0 aliphatic carbocycles. The van der Waals surface area contributed by atoms with E-state index in [1.807, 2.05) is 26.2 Å². The molecule has 0 radical (unpaired) electrons. The largest absolute Gasteiger partial charge is 0.308 e. The number of aliphatic imine (C=N–C) groups is 1. The number of anilines is 1. The highest BCUT2D eigenvalue weighted by Gasteiger charge is 1.98. The summed E-state index contributed by atoms with van der Waals surface area (Å²) in [6.45, 7) is 2.59. The smallest absolute Gasteiger partial charge is 0.211 e. The van der Waals surface area contributed by atoms with Crippen LogP contribution in [-0.2, 0) is 7.05 Å². The SMILES string of the molecule is CCN=C(NN)Nc1ccn(C)n1. The first-order valence-corrected chi connectivity index (χ1v) is 4.04. The first-order chi connectivity index (χ1) is 6.26. The number of hydrogen-bond donors (Lipinski definition) is 3. The lowest BCUT2D eigenvalue weighted by atomic mass is 10.6. The summed E-state index contributed by atoms with van der Waals surface area (Å²) in [4.78, 5) is 4.07. The van der Waals surface area contributed by atoms with Crippen LogP contribution in [0.1, 0.15) is 6.92 Å². The minimum atomic E-state index is 0.515. The van der Waals surface area contributed by atoms with Crippen molar-refractivity contribution in [1.82, 2.24) is 15.2 Å². The van der Waals surface area contributed by atoms with Gasteiger partial charge in [0, 0.05) is 25.9 Å². The molecular weight excluding hydrogens is 168 g/mol. The maximum Gasteiger partial charge on any atom is 0.211 e. The van der Waals surface area contributed by atoms with Crippen molar-refractivity contribution < 1.29 is 0 Å². The van der Waals surface area contributed by atoms with Crippen molar-refractivity contribution in [3.8, 4) is 0 Å². The van der Waals surface area contributed by atoms with Crippen molar-refractivity contribution >= 4 is 11.8 Å². The van der Waals surface area contributed by atoms with Gasteiger partial charge in [-0.15, -0.1) is 0 Å². The van der Waals surface area contributed by atoms with Crippen LogP contribution in [0.3, 0.4) is 0 Å². The average molecular weight is 182 g/mol. The number of hydrazine groups is 1. The number of hydrogen-bond acceptors (Lipinski definition) is 3. The Kier molecular flexibility index (Phi) is 3.27. The molecule has 4 N–H and O–H groups in total. The van der Waals surface area contributed by atoms with E-state index in [9.17, 15) is 0 Å². The topological polar surface area (TPSA) is 80.3 Å². The van der Waals surface area contributed by atoms with Crippen LogP contribution in [0.2, 0.25) is 0 Å². The number of aromatic nitrogens is 2. The second kappa shape index (κ2) is 4.46. The van der Waals surface area contributed by atoms with Gasteiger partial charge in [0.2, 0.25) is 5.96 Å². The summed E-state index contributed by atoms with van der Waals surface area (Å²) in [7, 11) is 1.84. The van der Waals surface area contributed by atoms with Crippen molar-refractivity contribution in [3.05, 3.63) is 12.3 Å². The lowest BCUT2D eigenvalue weighted by Crippen LogP contribution is -2.36. The first-order valence-electron chi connectivity index (χ1n) is 4.04. The number of aryl methyl sites for hydroxylation is 1. The van der Waals surface area contributed by atoms with Gasteiger partial charge in [-0.2, -0.15) is 5.10 Å². The molecule has 0 atom stereocenters. The Morgan fingerprint density at radius 3 is 3.00 bits per heavy atom. The van der Waals surface area contributed by atoms with Gasteiger partial charge in [0.25, 0.3) is 0 Å². The second-order valence-corrected chi connectivity index (χ2v) is 2.47. The Morgan fingerprint density at radius 2 is 2.54 bits per heavy atom. The fourth-order valence-corrected chi connectivity index (χ4v) is 0.882. The fourth-order valence-electron chi connectivity index (χ4n) is 0.882. The van der Waals surface area contributed by atoms with Gasteiger partial charge in [-0.1, -0.05) is 0 Å². The van der Waals surface area contributed by atoms with Crippen molar-refractivity contribution in [2.45, 2.75) is 6.92 Å². The standard InChI is InChI=1S/C7H14N6/c1-3-9-7(11-8)10-6-4-5-13(2)12-6/h4-5H,3,8H2,1-2H3,(H2,9,10,11,12). The van der Waals surface area contributed by atoms with Crippen LogP contribution in [-0.4, -0.2) is 22.3 Å². The molecule has 0 unspecified atom stereocenters. The quantitative estimate of drug-likeness (QED) is 0.253. The number of nitrogens with two attached hydrogens (primary N) is 1. The summed E-state index contributed by atoms with van der Waals surface area (Å²) in [5.74, 6) is 6.47. The summed E-state index contributed by atoms with van der Waals surface area (Å²) in [6, 6.07) is 1.84. The van der Waals surface area contributed by atoms with Gasteiger partial charge < -0.3 is 5.32 Å². The van der Waals surface area contributed by atoms with Crippen LogP contribution >= 0.6 is 0 Å². The van der Waals surface area contributed by atoms with Crippen LogP contribution in [0, 0.1) is 0 Å². The van der Waals surface area contributed by atoms with E-state index in [-0.39, 0.29) is 0 Å². The monoisotopic (exact) mass is 182 g/mol. The average Bonchev–Trinajstić information content (AvgIpc) is 2.50. The van der Waals surface area contributed by atoms with E-state index in [0.717, 1.165) is 0 Å². The second-order valence-electron chi connectivity index (χ2n) is 2.47. The third-order valence-corrected chi connectivity index (χ3v) is 1.41. The van der Waals surface area contributed by atoms with Crippen LogP contribution in [0.4, 0.5) is 5.82 Å². The Labute approximate surface area is 76.8 Å². The van der Waals surface area contributed by atoms with Crippen LogP contribution < -0.4 is 16.6 Å². The molecule has 1 aromatic heterocycles. The molecule has 72 valence electrons. The summed E-state index contributed by atoms with van der Waals surface area (Å²) in [6.07, 6.45) is 1.84. The molecule has 13 heavy (non-hydrogen) atoms. The molecule has 0 saturated heterocycles. The van der Waals surface area contributed by atoms with Gasteiger partial charge in [0.1, 0.15) is 0 Å². The highest BCUT2D eigenvalue weighted by molar-refractivity contribution is 5.92. The molecule has 0 fully saturated rings. The normalized spacial score (nSPS) is 11.5. The Bertz CT molecular complexity index is 289. The van der Waals surface area contributed by atoms with E-state index in [1.165, 1.54) is 0 Å². The molecule has 0 spiro atoms. The van der Waals surface area contributed by atoms with E-state index < -0.39 is 0 Å². The molecule has 0 aromatic carbocycles. The molecule has 1 rings (SSSR count). The lowest BCUT2D eigenvalue weighted by Gasteiger charge is -2.04. The zero-order chi connectivity index (χ0) is 9.68. The van der Waals surface area contributed by atoms with Gasteiger partial charge in [-0.05, 0) is 6.92 Å². The summed E-state index contributed by atoms with van der Waals surface area (Å²) < 4.78 is 1.70. The van der Waals surface area contributed by atoms with Gasteiger partial charge in [0.05, 0.1) is 0 Å². The van der Waals surface area contributed by atoms with Crippen molar-refractivity contribution in [3.63, 3.8) is 0 Å². The number of rotatable bonds is 2. The molecule has 0 aliphatic rings. The first kappa shape index (κ1) is 9.53. The third-order valence-electron chi connectivity index (χ3n) is 1.41. The number of nitrogens with zero attached hydrogens (tertiary/aromatic N) is 3. The molecular formula is C7H14N6. The summed E-state index contributed by atoms with van der Waals surface area (Å²) >= 11 is 0. The highest BCUT2D eigenvalue weighted by Crippen LogP contribution is 1.99. The molecule has 1 heterocycles. The van der Waals surface area contributed by atoms with E-state index in [1.54, 1.807) is 4.68 Å². The predicted octanol–water partition coefficient (Wildman–Crippen LogP) is -0.329. The number of nitrogens with one attached hydrogen (secondary N) is 2. The maximum absolute atomic E-state index is 5.24. The van der Waals surface area contributed by atoms with E-state index in [2.05, 4.69) is 20.8 Å². The Balaban J connectivity index is 2.61. The molecule has 1 aromatic rings. The lowest BCUT2D eigenvalue weighted by molar-refractivity contribution is 0.771. The summed E-state index contributed by atoms with van der Waals surface area (Å²) in [5, 5.41) is 7.04. The zero-order valence-corrected chi connectivity index (χ0v) is 7.78. The number of guanidine groups is 1. The van der Waals surface area contributed by atoms with Gasteiger partial charge in [-0.25, -0.2) is 5.84 Å². The maximum atomic E-state index is 5.24. The molecule has 0 saturated carbocycles. The predicted molar refractivity (Wildman–Crippen MR) is 52.1 cm³/mol. The van der Waals surface area contributed by atoms with Crippen LogP contribution in [0.15, 0.2) is 17.3 Å². The molecule has 6 heteroatoms. The van der Waals surface area contributed by atoms with Gasteiger partial charge in [0.15, 0.2) is 5.82 Å². The minimum absolute atomic E-state index is 0.515. The van der Waals surface area contributed by atoms with E-state index >= 15 is 0 Å². The summed E-state index contributed by atoms with van der Waals surface area (Å²) in [5.41, 5.74) is 2.45. The molecule has 0 amide bonds. The van der Waals surface area contributed by atoms with E-state index in [4.69, 9.17) is 5.84 Å². The molecule has 0 aliphatic heterocycles. The van der Waals surface area contributed by atoms with Crippen molar-refractivity contribution in [2.75, 3.05) is 11.9 Å². The molecule has 0 bridgehead atoms. The van der Waals surface area contributed by atoms with E-state index in [0.29, 0.717) is 18.3 Å². The van der Waals surface area contributed by atoms with Gasteiger partial charge in [-0.3, -0.25) is 15.1 Å². The van der Waals surface area contributed by atoms with Crippen molar-refractivity contribution in [1.29, 1.82) is 0 Å². The Morgan fingerprint density at radius 1 is 1.77 bits per heavy atom. The van der Waals surface area contributed by atoms with Crippen molar-refractivity contribution in [2.24, 2.45) is 17.9 Å². The zero-order valence-electron chi connectivity index (χ0n) is 7.78. The Hall–Kier alpha value is -1.56. The fraction of sp³-hybridized carbons (Fsp3) is 0.429. The van der Waals surface area contributed by atoms with Crippen LogP contribution in [0.25, 0.3) is 0 Å². The highest BCUT2D eigenvalue weighted by atomic mass is 15.4. The molecule has 6 nitrogen and oxygen atoms in total. The minimum Gasteiger partial charge on any atom is -0.308 e. The van der Waals surface area contributed by atoms with Gasteiger partial charge >= 0.3 is 0 Å². The third kappa shape index (κ3) is 2.75. The van der Waals surface area contributed by atoms with Crippen LogP contribution in [0.5, 0.6) is 0 Å².